The number of hydrogen-bond donors (Lipinski definition) is 2. The molecule has 2 N–H and O–H groups in total. The Kier molecular flexibility index (Phi) is 5.36. The number of carbonyl (C=O) groups is 4. The molecule has 1 heterocycles. The van der Waals surface area contributed by atoms with Crippen LogP contribution in [-0.2, 0) is 9.59 Å². The Morgan fingerprint density at radius 1 is 0.966 bits per heavy atom. The fourth-order valence-electron chi connectivity index (χ4n) is 3.13. The van der Waals surface area contributed by atoms with Crippen LogP contribution in [-0.4, -0.2) is 41.7 Å². The summed E-state index contributed by atoms with van der Waals surface area (Å²) in [6.07, 6.45) is 0. The van der Waals surface area contributed by atoms with Crippen LogP contribution >= 0.6 is 0 Å². The highest BCUT2D eigenvalue weighted by molar-refractivity contribution is 6.23. The minimum atomic E-state index is -1.06. The molecule has 3 rings (SSSR count). The minimum absolute atomic E-state index is 0.278. The number of amides is 4. The maximum atomic E-state index is 12.8. The summed E-state index contributed by atoms with van der Waals surface area (Å²) in [6, 6.07) is 8.68. The van der Waals surface area contributed by atoms with Crippen LogP contribution in [0.1, 0.15) is 40.1 Å². The zero-order valence-electron chi connectivity index (χ0n) is 16.5. The molecule has 1 aliphatic rings. The van der Waals surface area contributed by atoms with Crippen molar-refractivity contribution in [3.63, 3.8) is 0 Å². The maximum Gasteiger partial charge on any atom is 0.262 e. The van der Waals surface area contributed by atoms with Gasteiger partial charge in [0.2, 0.25) is 11.8 Å². The van der Waals surface area contributed by atoms with E-state index < -0.39 is 23.8 Å². The number of nitrogens with zero attached hydrogens (tertiary/aromatic N) is 1. The Labute approximate surface area is 167 Å². The second kappa shape index (κ2) is 7.75. The number of ether oxygens (including phenoxy) is 1. The molecular formula is C21H21N3O5. The van der Waals surface area contributed by atoms with Gasteiger partial charge in [-0.05, 0) is 38.1 Å². The number of hydrogen-bond acceptors (Lipinski definition) is 5. The van der Waals surface area contributed by atoms with Gasteiger partial charge in [0.15, 0.2) is 0 Å². The molecule has 0 aromatic heterocycles. The Hall–Kier alpha value is -3.68. The molecule has 1 atom stereocenters. The molecule has 8 heteroatoms. The molecule has 2 aromatic carbocycles. The van der Waals surface area contributed by atoms with Gasteiger partial charge in [0.05, 0.1) is 29.6 Å². The van der Waals surface area contributed by atoms with Crippen molar-refractivity contribution in [3.05, 3.63) is 53.1 Å². The zero-order chi connectivity index (χ0) is 21.3. The normalized spacial score (nSPS) is 13.7. The lowest BCUT2D eigenvalue weighted by Gasteiger charge is -2.22. The number of rotatable bonds is 5. The number of fused-ring (bicyclic) bond motifs is 1. The average molecular weight is 395 g/mol. The van der Waals surface area contributed by atoms with Crippen molar-refractivity contribution < 1.29 is 23.9 Å². The van der Waals surface area contributed by atoms with E-state index in [9.17, 15) is 19.2 Å². The van der Waals surface area contributed by atoms with Gasteiger partial charge in [-0.2, -0.15) is 0 Å². The Balaban J connectivity index is 1.86. The Morgan fingerprint density at radius 2 is 1.66 bits per heavy atom. The lowest BCUT2D eigenvalue weighted by molar-refractivity contribution is -0.119. The number of carbonyl (C=O) groups excluding carboxylic acids is 4. The fourth-order valence-corrected chi connectivity index (χ4v) is 3.13. The minimum Gasteiger partial charge on any atom is -0.497 e. The van der Waals surface area contributed by atoms with Gasteiger partial charge in [0, 0.05) is 13.0 Å². The van der Waals surface area contributed by atoms with Crippen molar-refractivity contribution in [2.45, 2.75) is 26.8 Å². The van der Waals surface area contributed by atoms with E-state index in [0.717, 1.165) is 10.5 Å². The third-order valence-corrected chi connectivity index (χ3v) is 4.64. The second-order valence-electron chi connectivity index (χ2n) is 6.79. The molecule has 0 spiro atoms. The Bertz CT molecular complexity index is 1030. The number of imide groups is 1. The molecule has 0 radical (unpaired) electrons. The van der Waals surface area contributed by atoms with Gasteiger partial charge in [-0.3, -0.25) is 24.1 Å². The molecule has 0 bridgehead atoms. The molecule has 2 aromatic rings. The smallest absolute Gasteiger partial charge is 0.262 e. The quantitative estimate of drug-likeness (QED) is 0.757. The van der Waals surface area contributed by atoms with Gasteiger partial charge in [0.25, 0.3) is 11.8 Å². The highest BCUT2D eigenvalue weighted by Gasteiger charge is 2.41. The van der Waals surface area contributed by atoms with Crippen LogP contribution in [0.25, 0.3) is 0 Å². The van der Waals surface area contributed by atoms with Gasteiger partial charge >= 0.3 is 0 Å². The monoisotopic (exact) mass is 395 g/mol. The molecule has 0 saturated carbocycles. The zero-order valence-corrected chi connectivity index (χ0v) is 16.5. The maximum absolute atomic E-state index is 12.8. The molecule has 8 nitrogen and oxygen atoms in total. The van der Waals surface area contributed by atoms with E-state index in [1.807, 2.05) is 6.92 Å². The standard InChI is InChI=1S/C21H21N3O5/c1-11-5-7-15-16(9-11)21(28)24(20(15)27)12(2)19(26)23-18-10-14(29-4)6-8-17(18)22-13(3)25/h5-10,12H,1-4H3,(H,22,25)(H,23,26). The highest BCUT2D eigenvalue weighted by Crippen LogP contribution is 2.29. The predicted octanol–water partition coefficient (Wildman–Crippen LogP) is 2.59. The van der Waals surface area contributed by atoms with Crippen molar-refractivity contribution in [1.82, 2.24) is 4.90 Å². The molecule has 1 aliphatic heterocycles. The molecule has 1 unspecified atom stereocenters. The van der Waals surface area contributed by atoms with E-state index in [2.05, 4.69) is 10.6 Å². The van der Waals surface area contributed by atoms with Crippen molar-refractivity contribution in [2.24, 2.45) is 0 Å². The SMILES string of the molecule is COc1ccc(NC(C)=O)c(NC(=O)C(C)N2C(=O)c3ccc(C)cc3C2=O)c1. The van der Waals surface area contributed by atoms with Crippen LogP contribution in [0.2, 0.25) is 0 Å². The van der Waals surface area contributed by atoms with Crippen LogP contribution in [0.3, 0.4) is 0 Å². The second-order valence-corrected chi connectivity index (χ2v) is 6.79. The van der Waals surface area contributed by atoms with Gasteiger partial charge in [-0.25, -0.2) is 0 Å². The lowest BCUT2D eigenvalue weighted by atomic mass is 10.1. The molecule has 0 saturated heterocycles. The number of anilines is 2. The summed E-state index contributed by atoms with van der Waals surface area (Å²) in [5, 5.41) is 5.29. The number of nitrogens with one attached hydrogen (secondary N) is 2. The summed E-state index contributed by atoms with van der Waals surface area (Å²) in [7, 11) is 1.47. The average Bonchev–Trinajstić information content (AvgIpc) is 2.92. The summed E-state index contributed by atoms with van der Waals surface area (Å²) in [5.74, 6) is -1.44. The number of aryl methyl sites for hydroxylation is 1. The summed E-state index contributed by atoms with van der Waals surface area (Å²) in [5.41, 5.74) is 2.08. The van der Waals surface area contributed by atoms with Gasteiger partial charge in [0.1, 0.15) is 11.8 Å². The van der Waals surface area contributed by atoms with E-state index in [0.29, 0.717) is 17.1 Å². The third-order valence-electron chi connectivity index (χ3n) is 4.64. The van der Waals surface area contributed by atoms with Crippen molar-refractivity contribution in [3.8, 4) is 5.75 Å². The first-order chi connectivity index (χ1) is 13.7. The summed E-state index contributed by atoms with van der Waals surface area (Å²) < 4.78 is 5.16. The molecule has 0 aliphatic carbocycles. The van der Waals surface area contributed by atoms with E-state index in [-0.39, 0.29) is 17.0 Å². The number of methoxy groups -OCH3 is 1. The van der Waals surface area contributed by atoms with Crippen LogP contribution < -0.4 is 15.4 Å². The largest absolute Gasteiger partial charge is 0.497 e. The van der Waals surface area contributed by atoms with E-state index in [4.69, 9.17) is 4.74 Å². The lowest BCUT2D eigenvalue weighted by Crippen LogP contribution is -2.45. The van der Waals surface area contributed by atoms with Crippen molar-refractivity contribution >= 4 is 35.0 Å². The third kappa shape index (κ3) is 3.82. The van der Waals surface area contributed by atoms with Gasteiger partial charge < -0.3 is 15.4 Å². The van der Waals surface area contributed by atoms with Crippen molar-refractivity contribution in [2.75, 3.05) is 17.7 Å². The van der Waals surface area contributed by atoms with Crippen LogP contribution in [0.5, 0.6) is 5.75 Å². The molecule has 4 amide bonds. The predicted molar refractivity (Wildman–Crippen MR) is 107 cm³/mol. The van der Waals surface area contributed by atoms with E-state index >= 15 is 0 Å². The molecule has 0 fully saturated rings. The van der Waals surface area contributed by atoms with Crippen LogP contribution in [0.4, 0.5) is 11.4 Å². The molecule has 29 heavy (non-hydrogen) atoms. The van der Waals surface area contributed by atoms with Crippen LogP contribution in [0, 0.1) is 6.92 Å². The van der Waals surface area contributed by atoms with Crippen LogP contribution in [0.15, 0.2) is 36.4 Å². The van der Waals surface area contributed by atoms with E-state index in [1.54, 1.807) is 36.4 Å². The first kappa shape index (κ1) is 20.1. The van der Waals surface area contributed by atoms with E-state index in [1.165, 1.54) is 21.0 Å². The number of benzene rings is 2. The Morgan fingerprint density at radius 3 is 2.31 bits per heavy atom. The summed E-state index contributed by atoms with van der Waals surface area (Å²) in [6.45, 7) is 4.64. The van der Waals surface area contributed by atoms with Gasteiger partial charge in [-0.1, -0.05) is 11.6 Å². The highest BCUT2D eigenvalue weighted by atomic mass is 16.5. The van der Waals surface area contributed by atoms with Gasteiger partial charge in [-0.15, -0.1) is 0 Å². The first-order valence-corrected chi connectivity index (χ1v) is 8.98. The fraction of sp³-hybridized carbons (Fsp3) is 0.238. The molecular weight excluding hydrogens is 374 g/mol. The molecule has 150 valence electrons. The first-order valence-electron chi connectivity index (χ1n) is 8.98. The van der Waals surface area contributed by atoms with Crippen molar-refractivity contribution in [1.29, 1.82) is 0 Å². The topological polar surface area (TPSA) is 105 Å². The summed E-state index contributed by atoms with van der Waals surface area (Å²) in [4.78, 5) is 50.6. The summed E-state index contributed by atoms with van der Waals surface area (Å²) >= 11 is 0.